The molecule has 0 heterocycles. The van der Waals surface area contributed by atoms with Gasteiger partial charge in [0.1, 0.15) is 12.4 Å². The summed E-state index contributed by atoms with van der Waals surface area (Å²) < 4.78 is 5.68. The Morgan fingerprint density at radius 2 is 1.81 bits per heavy atom. The van der Waals surface area contributed by atoms with Gasteiger partial charge >= 0.3 is 0 Å². The van der Waals surface area contributed by atoms with Gasteiger partial charge in [0.05, 0.1) is 6.54 Å². The first-order valence-electron chi connectivity index (χ1n) is 6.67. The van der Waals surface area contributed by atoms with E-state index in [4.69, 9.17) is 15.7 Å². The van der Waals surface area contributed by atoms with Crippen molar-refractivity contribution in [1.29, 1.82) is 0 Å². The van der Waals surface area contributed by atoms with Crippen LogP contribution in [0.15, 0.2) is 59.8 Å². The van der Waals surface area contributed by atoms with Crippen molar-refractivity contribution in [2.75, 3.05) is 25.1 Å². The van der Waals surface area contributed by atoms with Gasteiger partial charge in [-0.3, -0.25) is 0 Å². The lowest BCUT2D eigenvalue weighted by atomic mass is 10.2. The summed E-state index contributed by atoms with van der Waals surface area (Å²) in [5, 5.41) is 11.5. The van der Waals surface area contributed by atoms with Gasteiger partial charge in [-0.1, -0.05) is 23.4 Å². The Balaban J connectivity index is 1.83. The van der Waals surface area contributed by atoms with Crippen molar-refractivity contribution in [3.05, 3.63) is 60.2 Å². The summed E-state index contributed by atoms with van der Waals surface area (Å²) in [4.78, 5) is 2.13. The minimum Gasteiger partial charge on any atom is -0.492 e. The van der Waals surface area contributed by atoms with Crippen LogP contribution in [0.25, 0.3) is 0 Å². The molecule has 0 spiro atoms. The predicted molar refractivity (Wildman–Crippen MR) is 84.2 cm³/mol. The number of benzene rings is 2. The second kappa shape index (κ2) is 7.19. The highest BCUT2D eigenvalue weighted by Crippen LogP contribution is 2.13. The molecule has 2 aromatic rings. The highest BCUT2D eigenvalue weighted by Gasteiger charge is 2.02. The minimum atomic E-state index is 0.0883. The molecule has 0 aliphatic heterocycles. The predicted octanol–water partition coefficient (Wildman–Crippen LogP) is 2.30. The van der Waals surface area contributed by atoms with Gasteiger partial charge in [0, 0.05) is 18.3 Å². The molecule has 0 atom stereocenters. The van der Waals surface area contributed by atoms with Gasteiger partial charge in [0.2, 0.25) is 0 Å². The lowest BCUT2D eigenvalue weighted by Crippen LogP contribution is -2.23. The van der Waals surface area contributed by atoms with Crippen molar-refractivity contribution in [3.8, 4) is 5.75 Å². The Morgan fingerprint density at radius 3 is 2.43 bits per heavy atom. The average Bonchev–Trinajstić information content (AvgIpc) is 2.55. The lowest BCUT2D eigenvalue weighted by Gasteiger charge is -2.19. The lowest BCUT2D eigenvalue weighted by molar-refractivity contribution is 0.318. The third kappa shape index (κ3) is 4.14. The molecule has 2 rings (SSSR count). The third-order valence-corrected chi connectivity index (χ3v) is 3.15. The van der Waals surface area contributed by atoms with Crippen LogP contribution < -0.4 is 15.4 Å². The molecule has 0 saturated carbocycles. The van der Waals surface area contributed by atoms with Crippen molar-refractivity contribution in [2.45, 2.75) is 0 Å². The first-order chi connectivity index (χ1) is 10.2. The monoisotopic (exact) mass is 285 g/mol. The molecule has 0 radical (unpaired) electrons. The van der Waals surface area contributed by atoms with Gasteiger partial charge in [0.25, 0.3) is 0 Å². The van der Waals surface area contributed by atoms with E-state index < -0.39 is 0 Å². The molecule has 5 heteroatoms. The molecule has 0 aromatic heterocycles. The van der Waals surface area contributed by atoms with Crippen LogP contribution in [0.5, 0.6) is 5.75 Å². The van der Waals surface area contributed by atoms with Crippen LogP contribution in [0, 0.1) is 0 Å². The number of para-hydroxylation sites is 1. The highest BCUT2D eigenvalue weighted by molar-refractivity contribution is 5.97. The number of hydrogen-bond donors (Lipinski definition) is 2. The molecule has 0 fully saturated rings. The summed E-state index contributed by atoms with van der Waals surface area (Å²) in [7, 11) is 2.03. The topological polar surface area (TPSA) is 71.1 Å². The maximum atomic E-state index is 8.59. The Bertz CT molecular complexity index is 582. The molecule has 0 saturated heterocycles. The summed E-state index contributed by atoms with van der Waals surface area (Å²) in [5.74, 6) is 0.844. The Morgan fingerprint density at radius 1 is 1.14 bits per heavy atom. The van der Waals surface area contributed by atoms with Crippen molar-refractivity contribution < 1.29 is 9.94 Å². The number of nitrogens with two attached hydrogens (primary N) is 1. The van der Waals surface area contributed by atoms with E-state index in [-0.39, 0.29) is 5.84 Å². The molecule has 3 N–H and O–H groups in total. The number of amidine groups is 1. The molecule has 0 unspecified atom stereocenters. The molecular weight excluding hydrogens is 266 g/mol. The van der Waals surface area contributed by atoms with E-state index in [0.717, 1.165) is 18.0 Å². The first-order valence-corrected chi connectivity index (χ1v) is 6.67. The van der Waals surface area contributed by atoms with Crippen LogP contribution in [0.4, 0.5) is 5.69 Å². The molecule has 0 aliphatic rings. The van der Waals surface area contributed by atoms with Crippen molar-refractivity contribution in [1.82, 2.24) is 0 Å². The number of likely N-dealkylation sites (N-methyl/N-ethyl adjacent to an activating group) is 1. The molecule has 0 amide bonds. The average molecular weight is 285 g/mol. The maximum absolute atomic E-state index is 8.59. The maximum Gasteiger partial charge on any atom is 0.170 e. The van der Waals surface area contributed by atoms with Crippen LogP contribution in [0.1, 0.15) is 5.56 Å². The van der Waals surface area contributed by atoms with E-state index in [9.17, 15) is 0 Å². The fourth-order valence-corrected chi connectivity index (χ4v) is 1.89. The van der Waals surface area contributed by atoms with E-state index in [0.29, 0.717) is 12.2 Å². The fourth-order valence-electron chi connectivity index (χ4n) is 1.89. The smallest absolute Gasteiger partial charge is 0.170 e. The van der Waals surface area contributed by atoms with Gasteiger partial charge in [-0.2, -0.15) is 0 Å². The summed E-state index contributed by atoms with van der Waals surface area (Å²) in [6.07, 6.45) is 0. The minimum absolute atomic E-state index is 0.0883. The molecule has 2 aromatic carbocycles. The zero-order valence-corrected chi connectivity index (χ0v) is 11.9. The van der Waals surface area contributed by atoms with Crippen LogP contribution in [0.3, 0.4) is 0 Å². The Hall–Kier alpha value is -2.69. The standard InChI is InChI=1S/C16H19N3O2/c1-19(14-5-3-2-4-6-14)11-12-21-15-9-7-13(8-10-15)16(17)18-20/h2-10,20H,11-12H2,1H3,(H2,17,18). The van der Waals surface area contributed by atoms with Crippen molar-refractivity contribution in [2.24, 2.45) is 10.9 Å². The zero-order chi connectivity index (χ0) is 15.1. The van der Waals surface area contributed by atoms with E-state index in [1.54, 1.807) is 24.3 Å². The van der Waals surface area contributed by atoms with E-state index in [1.807, 2.05) is 25.2 Å². The summed E-state index contributed by atoms with van der Waals surface area (Å²) in [5.41, 5.74) is 7.32. The zero-order valence-electron chi connectivity index (χ0n) is 11.9. The SMILES string of the molecule is CN(CCOc1ccc(C(N)=NO)cc1)c1ccccc1. The number of oxime groups is 1. The normalized spacial score (nSPS) is 11.2. The molecule has 21 heavy (non-hydrogen) atoms. The Kier molecular flexibility index (Phi) is 5.04. The molecular formula is C16H19N3O2. The molecule has 0 aliphatic carbocycles. The fraction of sp³-hybridized carbons (Fsp3) is 0.188. The van der Waals surface area contributed by atoms with Crippen molar-refractivity contribution >= 4 is 11.5 Å². The quantitative estimate of drug-likeness (QED) is 0.370. The molecule has 0 bridgehead atoms. The first kappa shape index (κ1) is 14.7. The largest absolute Gasteiger partial charge is 0.492 e. The van der Waals surface area contributed by atoms with Crippen LogP contribution in [-0.4, -0.2) is 31.2 Å². The van der Waals surface area contributed by atoms with Crippen LogP contribution >= 0.6 is 0 Å². The van der Waals surface area contributed by atoms with Gasteiger partial charge in [-0.25, -0.2) is 0 Å². The summed E-state index contributed by atoms with van der Waals surface area (Å²) >= 11 is 0. The Labute approximate surface area is 124 Å². The van der Waals surface area contributed by atoms with Gasteiger partial charge in [-0.15, -0.1) is 0 Å². The number of nitrogens with zero attached hydrogens (tertiary/aromatic N) is 2. The van der Waals surface area contributed by atoms with Gasteiger partial charge < -0.3 is 20.6 Å². The molecule has 110 valence electrons. The van der Waals surface area contributed by atoms with Gasteiger partial charge in [-0.05, 0) is 36.4 Å². The summed E-state index contributed by atoms with van der Waals surface area (Å²) in [6, 6.07) is 17.3. The number of anilines is 1. The van der Waals surface area contributed by atoms with Crippen LogP contribution in [0.2, 0.25) is 0 Å². The van der Waals surface area contributed by atoms with E-state index in [1.165, 1.54) is 0 Å². The second-order valence-corrected chi connectivity index (χ2v) is 4.62. The number of ether oxygens (including phenoxy) is 1. The highest BCUT2D eigenvalue weighted by atomic mass is 16.5. The van der Waals surface area contributed by atoms with Crippen LogP contribution in [-0.2, 0) is 0 Å². The van der Waals surface area contributed by atoms with Crippen molar-refractivity contribution in [3.63, 3.8) is 0 Å². The van der Waals surface area contributed by atoms with E-state index >= 15 is 0 Å². The molecule has 5 nitrogen and oxygen atoms in total. The number of hydrogen-bond acceptors (Lipinski definition) is 4. The number of rotatable bonds is 6. The summed E-state index contributed by atoms with van der Waals surface area (Å²) in [6.45, 7) is 1.36. The van der Waals surface area contributed by atoms with E-state index in [2.05, 4.69) is 22.2 Å². The van der Waals surface area contributed by atoms with Gasteiger partial charge in [0.15, 0.2) is 5.84 Å². The third-order valence-electron chi connectivity index (χ3n) is 3.15. The second-order valence-electron chi connectivity index (χ2n) is 4.62.